The molecule has 0 fully saturated rings. The lowest BCUT2D eigenvalue weighted by atomic mass is 10.2. The summed E-state index contributed by atoms with van der Waals surface area (Å²) in [6, 6.07) is 20.3. The molecule has 0 aliphatic rings. The summed E-state index contributed by atoms with van der Waals surface area (Å²) in [6.45, 7) is 0.652. The molecular weight excluding hydrogens is 366 g/mol. The predicted molar refractivity (Wildman–Crippen MR) is 114 cm³/mol. The monoisotopic (exact) mass is 389 g/mol. The van der Waals surface area contributed by atoms with Crippen LogP contribution in [0.2, 0.25) is 0 Å². The number of nitrogens with one attached hydrogen (secondary N) is 1. The maximum absolute atomic E-state index is 5.43. The molecule has 1 aromatic heterocycles. The van der Waals surface area contributed by atoms with E-state index in [9.17, 15) is 0 Å². The Kier molecular flexibility index (Phi) is 5.24. The molecule has 0 radical (unpaired) electrons. The Bertz CT molecular complexity index is 1110. The Hall–Kier alpha value is -3.67. The molecule has 0 spiro atoms. The highest BCUT2D eigenvalue weighted by Crippen LogP contribution is 2.40. The molecule has 0 saturated carbocycles. The quantitative estimate of drug-likeness (QED) is 0.498. The van der Waals surface area contributed by atoms with Gasteiger partial charge >= 0.3 is 0 Å². The summed E-state index contributed by atoms with van der Waals surface area (Å²) in [5, 5.41) is 3.43. The lowest BCUT2D eigenvalue weighted by Gasteiger charge is -2.15. The molecule has 6 heteroatoms. The smallest absolute Gasteiger partial charge is 0.203 e. The molecule has 6 nitrogen and oxygen atoms in total. The van der Waals surface area contributed by atoms with Gasteiger partial charge in [-0.25, -0.2) is 4.98 Å². The average Bonchev–Trinajstić information content (AvgIpc) is 3.21. The largest absolute Gasteiger partial charge is 0.493 e. The molecule has 148 valence electrons. The number of methoxy groups -OCH3 is 3. The first-order valence-corrected chi connectivity index (χ1v) is 9.28. The number of hydrogen-bond acceptors (Lipinski definition) is 5. The van der Waals surface area contributed by atoms with Crippen LogP contribution in [0.5, 0.6) is 17.2 Å². The number of aromatic nitrogens is 2. The third kappa shape index (κ3) is 3.69. The zero-order chi connectivity index (χ0) is 20.2. The number of hydrogen-bond donors (Lipinski definition) is 1. The molecule has 0 bridgehead atoms. The van der Waals surface area contributed by atoms with Crippen molar-refractivity contribution in [2.24, 2.45) is 0 Å². The Balaban J connectivity index is 1.58. The maximum atomic E-state index is 5.43. The van der Waals surface area contributed by atoms with Crippen LogP contribution in [0.1, 0.15) is 5.56 Å². The van der Waals surface area contributed by atoms with Crippen molar-refractivity contribution in [1.29, 1.82) is 0 Å². The number of benzene rings is 3. The van der Waals surface area contributed by atoms with Crippen LogP contribution < -0.4 is 19.5 Å². The predicted octanol–water partition coefficient (Wildman–Crippen LogP) is 4.66. The minimum Gasteiger partial charge on any atom is -0.493 e. The fourth-order valence-electron chi connectivity index (χ4n) is 3.37. The van der Waals surface area contributed by atoms with Gasteiger partial charge in [0.15, 0.2) is 11.5 Å². The number of ether oxygens (including phenoxy) is 3. The van der Waals surface area contributed by atoms with Crippen molar-refractivity contribution in [3.63, 3.8) is 0 Å². The first-order valence-electron chi connectivity index (χ1n) is 9.28. The topological polar surface area (TPSA) is 57.5 Å². The van der Waals surface area contributed by atoms with Crippen LogP contribution in [0.4, 0.5) is 5.69 Å². The maximum Gasteiger partial charge on any atom is 0.203 e. The molecule has 3 aromatic carbocycles. The van der Waals surface area contributed by atoms with Gasteiger partial charge in [-0.15, -0.1) is 0 Å². The van der Waals surface area contributed by atoms with E-state index in [1.54, 1.807) is 21.3 Å². The molecule has 0 aliphatic carbocycles. The van der Waals surface area contributed by atoms with Crippen molar-refractivity contribution < 1.29 is 14.2 Å². The van der Waals surface area contributed by atoms with E-state index < -0.39 is 0 Å². The number of nitrogens with zero attached hydrogens (tertiary/aromatic N) is 2. The van der Waals surface area contributed by atoms with Crippen LogP contribution in [0.3, 0.4) is 0 Å². The van der Waals surface area contributed by atoms with E-state index in [-0.39, 0.29) is 0 Å². The second-order valence-electron chi connectivity index (χ2n) is 6.54. The number of imidazole rings is 1. The summed E-state index contributed by atoms with van der Waals surface area (Å²) in [6.07, 6.45) is 1.86. The lowest BCUT2D eigenvalue weighted by Crippen LogP contribution is -2.03. The highest BCUT2D eigenvalue weighted by molar-refractivity contribution is 5.77. The van der Waals surface area contributed by atoms with Gasteiger partial charge < -0.3 is 19.5 Å². The molecule has 1 heterocycles. The summed E-state index contributed by atoms with van der Waals surface area (Å²) >= 11 is 0. The first-order chi connectivity index (χ1) is 14.2. The Morgan fingerprint density at radius 1 is 0.862 bits per heavy atom. The molecule has 0 unspecified atom stereocenters. The van der Waals surface area contributed by atoms with E-state index in [1.807, 2.05) is 36.7 Å². The number of anilines is 1. The lowest BCUT2D eigenvalue weighted by molar-refractivity contribution is 0.324. The molecule has 4 rings (SSSR count). The van der Waals surface area contributed by atoms with Crippen molar-refractivity contribution in [2.45, 2.75) is 6.54 Å². The second kappa shape index (κ2) is 8.14. The van der Waals surface area contributed by atoms with Gasteiger partial charge in [-0.05, 0) is 29.8 Å². The molecule has 0 saturated heterocycles. The van der Waals surface area contributed by atoms with Gasteiger partial charge in [-0.2, -0.15) is 0 Å². The Morgan fingerprint density at radius 2 is 1.62 bits per heavy atom. The molecule has 29 heavy (non-hydrogen) atoms. The van der Waals surface area contributed by atoms with Gasteiger partial charge in [0.05, 0.1) is 32.4 Å². The van der Waals surface area contributed by atoms with E-state index in [0.29, 0.717) is 23.8 Å². The SMILES string of the molecule is COc1cc(NCc2cccc(-n3cnc4ccccc43)c2)cc(OC)c1OC. The molecule has 4 aromatic rings. The summed E-state index contributed by atoms with van der Waals surface area (Å²) in [4.78, 5) is 4.48. The van der Waals surface area contributed by atoms with E-state index >= 15 is 0 Å². The molecule has 0 amide bonds. The summed E-state index contributed by atoms with van der Waals surface area (Å²) < 4.78 is 18.3. The Morgan fingerprint density at radius 3 is 2.34 bits per heavy atom. The standard InChI is InChI=1S/C23H23N3O3/c1-27-21-12-17(13-22(28-2)23(21)29-3)24-14-16-7-6-8-18(11-16)26-15-25-19-9-4-5-10-20(19)26/h4-13,15,24H,14H2,1-3H3. The van der Waals surface area contributed by atoms with Crippen molar-refractivity contribution in [1.82, 2.24) is 9.55 Å². The van der Waals surface area contributed by atoms with Crippen molar-refractivity contribution >= 4 is 16.7 Å². The van der Waals surface area contributed by atoms with E-state index in [0.717, 1.165) is 28.0 Å². The van der Waals surface area contributed by atoms with Gasteiger partial charge in [0, 0.05) is 30.1 Å². The van der Waals surface area contributed by atoms with Crippen LogP contribution in [0.25, 0.3) is 16.7 Å². The Labute approximate surface area is 169 Å². The third-order valence-electron chi connectivity index (χ3n) is 4.80. The van der Waals surface area contributed by atoms with Crippen LogP contribution in [0.15, 0.2) is 67.0 Å². The van der Waals surface area contributed by atoms with E-state index in [4.69, 9.17) is 14.2 Å². The van der Waals surface area contributed by atoms with Crippen LogP contribution >= 0.6 is 0 Å². The number of para-hydroxylation sites is 2. The summed E-state index contributed by atoms with van der Waals surface area (Å²) in [5.74, 6) is 1.82. The normalized spacial score (nSPS) is 10.7. The second-order valence-corrected chi connectivity index (χ2v) is 6.54. The summed E-state index contributed by atoms with van der Waals surface area (Å²) in [5.41, 5.74) is 5.17. The van der Waals surface area contributed by atoms with Crippen LogP contribution in [-0.4, -0.2) is 30.9 Å². The fourth-order valence-corrected chi connectivity index (χ4v) is 3.37. The zero-order valence-corrected chi connectivity index (χ0v) is 16.7. The number of rotatable bonds is 7. The van der Waals surface area contributed by atoms with Crippen molar-refractivity contribution in [3.05, 3.63) is 72.6 Å². The minimum atomic E-state index is 0.578. The van der Waals surface area contributed by atoms with Crippen molar-refractivity contribution in [2.75, 3.05) is 26.6 Å². The number of fused-ring (bicyclic) bond motifs is 1. The van der Waals surface area contributed by atoms with Crippen LogP contribution in [0, 0.1) is 0 Å². The minimum absolute atomic E-state index is 0.578. The highest BCUT2D eigenvalue weighted by atomic mass is 16.5. The van der Waals surface area contributed by atoms with Gasteiger partial charge in [0.25, 0.3) is 0 Å². The van der Waals surface area contributed by atoms with Gasteiger partial charge in [0.2, 0.25) is 5.75 Å². The third-order valence-corrected chi connectivity index (χ3v) is 4.80. The first kappa shape index (κ1) is 18.7. The van der Waals surface area contributed by atoms with Gasteiger partial charge in [0.1, 0.15) is 6.33 Å². The van der Waals surface area contributed by atoms with E-state index in [2.05, 4.69) is 45.2 Å². The van der Waals surface area contributed by atoms with Gasteiger partial charge in [-0.1, -0.05) is 24.3 Å². The average molecular weight is 389 g/mol. The highest BCUT2D eigenvalue weighted by Gasteiger charge is 2.13. The van der Waals surface area contributed by atoms with Crippen LogP contribution in [-0.2, 0) is 6.54 Å². The van der Waals surface area contributed by atoms with Crippen molar-refractivity contribution in [3.8, 4) is 22.9 Å². The van der Waals surface area contributed by atoms with E-state index in [1.165, 1.54) is 0 Å². The molecule has 1 N–H and O–H groups in total. The fraction of sp³-hybridized carbons (Fsp3) is 0.174. The zero-order valence-electron chi connectivity index (χ0n) is 16.7. The molecular formula is C23H23N3O3. The van der Waals surface area contributed by atoms with Gasteiger partial charge in [-0.3, -0.25) is 4.57 Å². The molecule has 0 atom stereocenters. The summed E-state index contributed by atoms with van der Waals surface area (Å²) in [7, 11) is 4.82. The molecule has 0 aliphatic heterocycles.